The van der Waals surface area contributed by atoms with Crippen LogP contribution in [0.4, 0.5) is 5.69 Å². The first kappa shape index (κ1) is 19.4. The number of nitro groups is 1. The Bertz CT molecular complexity index is 757. The molecule has 0 heterocycles. The van der Waals surface area contributed by atoms with E-state index in [0.29, 0.717) is 5.92 Å². The molecule has 1 unspecified atom stereocenters. The molecule has 0 saturated heterocycles. The van der Waals surface area contributed by atoms with Crippen molar-refractivity contribution in [2.45, 2.75) is 33.2 Å². The van der Waals surface area contributed by atoms with E-state index in [1.807, 2.05) is 19.1 Å². The summed E-state index contributed by atoms with van der Waals surface area (Å²) in [6.45, 7) is 5.96. The zero-order valence-electron chi connectivity index (χ0n) is 15.3. The van der Waals surface area contributed by atoms with Gasteiger partial charge in [0.2, 0.25) is 0 Å². The van der Waals surface area contributed by atoms with Gasteiger partial charge in [0.15, 0.2) is 12.4 Å². The molecule has 6 nitrogen and oxygen atoms in total. The molecule has 0 bridgehead atoms. The van der Waals surface area contributed by atoms with Crippen LogP contribution in [0, 0.1) is 16.0 Å². The average molecular weight is 356 g/mol. The second-order valence-electron chi connectivity index (χ2n) is 6.64. The van der Waals surface area contributed by atoms with E-state index in [9.17, 15) is 14.9 Å². The number of ether oxygens (including phenoxy) is 1. The van der Waals surface area contributed by atoms with Crippen LogP contribution in [0.5, 0.6) is 5.75 Å². The van der Waals surface area contributed by atoms with Crippen LogP contribution < -0.4 is 10.1 Å². The van der Waals surface area contributed by atoms with E-state index in [0.717, 1.165) is 12.0 Å². The molecule has 0 fully saturated rings. The van der Waals surface area contributed by atoms with Crippen LogP contribution in [0.15, 0.2) is 48.5 Å². The van der Waals surface area contributed by atoms with Crippen molar-refractivity contribution in [3.63, 3.8) is 0 Å². The van der Waals surface area contributed by atoms with Gasteiger partial charge in [-0.05, 0) is 36.5 Å². The van der Waals surface area contributed by atoms with Crippen LogP contribution in [0.2, 0.25) is 0 Å². The molecular weight excluding hydrogens is 332 g/mol. The van der Waals surface area contributed by atoms with Crippen LogP contribution in [-0.4, -0.2) is 17.4 Å². The van der Waals surface area contributed by atoms with Gasteiger partial charge < -0.3 is 10.1 Å². The molecular formula is C20H24N2O4. The number of para-hydroxylation sites is 2. The third kappa shape index (κ3) is 5.58. The zero-order chi connectivity index (χ0) is 19.1. The summed E-state index contributed by atoms with van der Waals surface area (Å²) in [5.41, 5.74) is 2.10. The summed E-state index contributed by atoms with van der Waals surface area (Å²) in [5.74, 6) is 0.345. The molecule has 0 saturated carbocycles. The van der Waals surface area contributed by atoms with E-state index < -0.39 is 4.92 Å². The number of nitro benzene ring substituents is 1. The summed E-state index contributed by atoms with van der Waals surface area (Å²) in [6.07, 6.45) is 1.02. The van der Waals surface area contributed by atoms with E-state index in [2.05, 4.69) is 31.3 Å². The number of rotatable bonds is 8. The number of nitrogens with one attached hydrogen (secondary N) is 1. The maximum atomic E-state index is 12.1. The van der Waals surface area contributed by atoms with Crippen LogP contribution in [0.25, 0.3) is 0 Å². The van der Waals surface area contributed by atoms with Gasteiger partial charge in [0.25, 0.3) is 5.91 Å². The number of carbonyl (C=O) groups is 1. The predicted octanol–water partition coefficient (Wildman–Crippen LogP) is 4.05. The van der Waals surface area contributed by atoms with Gasteiger partial charge in [-0.1, -0.05) is 50.2 Å². The molecule has 0 spiro atoms. The monoisotopic (exact) mass is 356 g/mol. The van der Waals surface area contributed by atoms with Gasteiger partial charge in [-0.2, -0.15) is 0 Å². The Morgan fingerprint density at radius 3 is 2.38 bits per heavy atom. The van der Waals surface area contributed by atoms with Crippen molar-refractivity contribution in [2.75, 3.05) is 6.61 Å². The lowest BCUT2D eigenvalue weighted by molar-refractivity contribution is -0.385. The molecule has 1 atom stereocenters. The predicted molar refractivity (Wildman–Crippen MR) is 100 cm³/mol. The number of hydrogen-bond acceptors (Lipinski definition) is 4. The van der Waals surface area contributed by atoms with Crippen molar-refractivity contribution in [2.24, 2.45) is 5.92 Å². The van der Waals surface area contributed by atoms with Crippen molar-refractivity contribution in [3.05, 3.63) is 69.8 Å². The summed E-state index contributed by atoms with van der Waals surface area (Å²) >= 11 is 0. The van der Waals surface area contributed by atoms with E-state index >= 15 is 0 Å². The van der Waals surface area contributed by atoms with Crippen molar-refractivity contribution in [1.82, 2.24) is 5.32 Å². The maximum Gasteiger partial charge on any atom is 0.310 e. The maximum absolute atomic E-state index is 12.1. The van der Waals surface area contributed by atoms with Gasteiger partial charge in [-0.25, -0.2) is 0 Å². The van der Waals surface area contributed by atoms with Gasteiger partial charge >= 0.3 is 5.69 Å². The molecule has 1 amide bonds. The van der Waals surface area contributed by atoms with E-state index in [1.165, 1.54) is 17.7 Å². The van der Waals surface area contributed by atoms with Gasteiger partial charge in [-0.15, -0.1) is 0 Å². The lowest BCUT2D eigenvalue weighted by atomic mass is 10.00. The second-order valence-corrected chi connectivity index (χ2v) is 6.64. The van der Waals surface area contributed by atoms with Gasteiger partial charge in [0.05, 0.1) is 11.0 Å². The molecule has 1 N–H and O–H groups in total. The number of benzene rings is 2. The van der Waals surface area contributed by atoms with Crippen molar-refractivity contribution in [3.8, 4) is 5.75 Å². The lowest BCUT2D eigenvalue weighted by Gasteiger charge is -2.15. The summed E-state index contributed by atoms with van der Waals surface area (Å²) in [5, 5.41) is 13.8. The zero-order valence-corrected chi connectivity index (χ0v) is 15.3. The Kier molecular flexibility index (Phi) is 6.72. The normalized spacial score (nSPS) is 11.8. The number of amides is 1. The highest BCUT2D eigenvalue weighted by Gasteiger charge is 2.16. The number of nitrogens with zero attached hydrogens (tertiary/aromatic N) is 1. The number of carbonyl (C=O) groups excluding carboxylic acids is 1. The Hall–Kier alpha value is -2.89. The smallest absolute Gasteiger partial charge is 0.310 e. The van der Waals surface area contributed by atoms with Crippen LogP contribution in [0.1, 0.15) is 37.9 Å². The molecule has 0 radical (unpaired) electrons. The molecule has 2 aromatic rings. The third-order valence-electron chi connectivity index (χ3n) is 3.92. The minimum absolute atomic E-state index is 0.0818. The summed E-state index contributed by atoms with van der Waals surface area (Å²) in [7, 11) is 0. The summed E-state index contributed by atoms with van der Waals surface area (Å²) < 4.78 is 5.31. The highest BCUT2D eigenvalue weighted by molar-refractivity contribution is 5.78. The molecule has 0 aliphatic heterocycles. The average Bonchev–Trinajstić information content (AvgIpc) is 2.60. The van der Waals surface area contributed by atoms with E-state index in [4.69, 9.17) is 4.74 Å². The Morgan fingerprint density at radius 2 is 1.77 bits per heavy atom. The second kappa shape index (κ2) is 8.99. The fraction of sp³-hybridized carbons (Fsp3) is 0.350. The largest absolute Gasteiger partial charge is 0.477 e. The summed E-state index contributed by atoms with van der Waals surface area (Å²) in [6, 6.07) is 14.0. The molecule has 0 aromatic heterocycles. The standard InChI is InChI=1S/C20H24N2O4/c1-14(2)12-16-8-10-17(11-9-16)15(3)21-20(23)13-26-19-7-5-4-6-18(19)22(24)25/h4-11,14-15H,12-13H2,1-3H3,(H,21,23). The molecule has 2 rings (SSSR count). The van der Waals surface area contributed by atoms with Gasteiger partial charge in [-0.3, -0.25) is 14.9 Å². The van der Waals surface area contributed by atoms with Crippen molar-refractivity contribution >= 4 is 11.6 Å². The van der Waals surface area contributed by atoms with E-state index in [-0.39, 0.29) is 30.0 Å². The molecule has 2 aromatic carbocycles. The first-order valence-electron chi connectivity index (χ1n) is 8.61. The Labute approximate surface area is 153 Å². The quantitative estimate of drug-likeness (QED) is 0.571. The molecule has 138 valence electrons. The highest BCUT2D eigenvalue weighted by Crippen LogP contribution is 2.25. The summed E-state index contributed by atoms with van der Waals surface area (Å²) in [4.78, 5) is 22.5. The number of hydrogen-bond donors (Lipinski definition) is 1. The molecule has 6 heteroatoms. The first-order valence-corrected chi connectivity index (χ1v) is 8.61. The first-order chi connectivity index (χ1) is 12.4. The van der Waals surface area contributed by atoms with Crippen molar-refractivity contribution < 1.29 is 14.5 Å². The SMILES string of the molecule is CC(C)Cc1ccc(C(C)NC(=O)COc2ccccc2[N+](=O)[O-])cc1. The minimum atomic E-state index is -0.533. The highest BCUT2D eigenvalue weighted by atomic mass is 16.6. The third-order valence-corrected chi connectivity index (χ3v) is 3.92. The van der Waals surface area contributed by atoms with Crippen LogP contribution in [0.3, 0.4) is 0 Å². The Balaban J connectivity index is 1.90. The molecule has 0 aliphatic rings. The lowest BCUT2D eigenvalue weighted by Crippen LogP contribution is -2.31. The fourth-order valence-electron chi connectivity index (χ4n) is 2.65. The Morgan fingerprint density at radius 1 is 1.12 bits per heavy atom. The fourth-order valence-corrected chi connectivity index (χ4v) is 2.65. The molecule has 26 heavy (non-hydrogen) atoms. The topological polar surface area (TPSA) is 81.5 Å². The van der Waals surface area contributed by atoms with Gasteiger partial charge in [0, 0.05) is 6.07 Å². The van der Waals surface area contributed by atoms with Gasteiger partial charge in [0.1, 0.15) is 0 Å². The van der Waals surface area contributed by atoms with Crippen molar-refractivity contribution in [1.29, 1.82) is 0 Å². The van der Waals surface area contributed by atoms with Crippen LogP contribution in [-0.2, 0) is 11.2 Å². The van der Waals surface area contributed by atoms with Crippen LogP contribution >= 0.6 is 0 Å². The minimum Gasteiger partial charge on any atom is -0.477 e. The van der Waals surface area contributed by atoms with E-state index in [1.54, 1.807) is 12.1 Å². The molecule has 0 aliphatic carbocycles.